The molecular formula is C81H116O4. The third kappa shape index (κ3) is 29.0. The van der Waals surface area contributed by atoms with Crippen molar-refractivity contribution < 1.29 is 19.1 Å². The fourth-order valence-electron chi connectivity index (χ4n) is 8.86. The van der Waals surface area contributed by atoms with E-state index in [0.717, 1.165) is 19.3 Å². The molecule has 0 aliphatic rings. The number of esters is 2. The molecule has 7 rings (SSSR count). The number of carbonyl (C=O) groups is 2. The molecule has 0 aliphatic carbocycles. The van der Waals surface area contributed by atoms with Gasteiger partial charge in [0.25, 0.3) is 0 Å². The van der Waals surface area contributed by atoms with Crippen LogP contribution in [0.3, 0.4) is 0 Å². The van der Waals surface area contributed by atoms with Gasteiger partial charge in [-0.3, -0.25) is 0 Å². The van der Waals surface area contributed by atoms with Crippen LogP contribution in [0.15, 0.2) is 170 Å². The normalized spacial score (nSPS) is 12.5. The van der Waals surface area contributed by atoms with Gasteiger partial charge in [-0.1, -0.05) is 273 Å². The molecular weight excluding hydrogens is 1040 g/mol. The fraction of sp³-hybridized carbons (Fsp3) is 0.457. The van der Waals surface area contributed by atoms with Crippen LogP contribution in [-0.4, -0.2) is 26.2 Å². The number of rotatable bonds is 17. The minimum absolute atomic E-state index is 0.268. The minimum Gasteiger partial charge on any atom is -0.465 e. The van der Waals surface area contributed by atoms with Gasteiger partial charge in [0.15, 0.2) is 0 Å². The molecule has 0 saturated heterocycles. The Balaban J connectivity index is 0.000000497. The van der Waals surface area contributed by atoms with E-state index in [1.54, 1.807) is 6.07 Å². The number of hydrogen-bond acceptors (Lipinski definition) is 4. The first-order chi connectivity index (χ1) is 40.4. The molecule has 0 spiro atoms. The summed E-state index contributed by atoms with van der Waals surface area (Å²) in [4.78, 5) is 22.4. The molecule has 0 N–H and O–H groups in total. The van der Waals surface area contributed by atoms with Crippen molar-refractivity contribution >= 4 is 11.9 Å². The van der Waals surface area contributed by atoms with E-state index in [0.29, 0.717) is 52.0 Å². The van der Waals surface area contributed by atoms with Crippen LogP contribution < -0.4 is 0 Å². The Labute approximate surface area is 521 Å². The Morgan fingerprint density at radius 2 is 0.753 bits per heavy atom. The third-order valence-electron chi connectivity index (χ3n) is 17.1. The quantitative estimate of drug-likeness (QED) is 0.0853. The summed E-state index contributed by atoms with van der Waals surface area (Å²) < 4.78 is 9.29. The van der Waals surface area contributed by atoms with Crippen molar-refractivity contribution in [1.82, 2.24) is 0 Å². The summed E-state index contributed by atoms with van der Waals surface area (Å²) in [5.74, 6) is 3.30. The highest BCUT2D eigenvalue weighted by Gasteiger charge is 2.17. The lowest BCUT2D eigenvalue weighted by Crippen LogP contribution is -2.14. The van der Waals surface area contributed by atoms with Crippen LogP contribution in [0.2, 0.25) is 0 Å². The second kappa shape index (κ2) is 42.3. The van der Waals surface area contributed by atoms with Crippen molar-refractivity contribution in [3.05, 3.63) is 248 Å². The number of hydrogen-bond donors (Lipinski definition) is 0. The van der Waals surface area contributed by atoms with E-state index in [9.17, 15) is 9.59 Å². The predicted molar refractivity (Wildman–Crippen MR) is 372 cm³/mol. The first-order valence-electron chi connectivity index (χ1n) is 32.1. The summed E-state index contributed by atoms with van der Waals surface area (Å²) in [6.45, 7) is 44.2. The summed E-state index contributed by atoms with van der Waals surface area (Å²) in [6.07, 6.45) is 9.42. The van der Waals surface area contributed by atoms with Crippen molar-refractivity contribution in [1.29, 1.82) is 0 Å². The third-order valence-corrected chi connectivity index (χ3v) is 17.1. The van der Waals surface area contributed by atoms with Crippen LogP contribution in [0.25, 0.3) is 0 Å². The maximum atomic E-state index is 11.3. The summed E-state index contributed by atoms with van der Waals surface area (Å²) in [5.41, 5.74) is 18.2. The zero-order chi connectivity index (χ0) is 64.1. The lowest BCUT2D eigenvalue weighted by molar-refractivity contribution is 0.0591. The highest BCUT2D eigenvalue weighted by molar-refractivity contribution is 5.89. The van der Waals surface area contributed by atoms with Gasteiger partial charge in [0.1, 0.15) is 0 Å². The molecule has 0 aliphatic heterocycles. The largest absolute Gasteiger partial charge is 0.465 e. The molecule has 85 heavy (non-hydrogen) atoms. The first kappa shape index (κ1) is 76.5. The van der Waals surface area contributed by atoms with Crippen molar-refractivity contribution in [2.45, 2.75) is 231 Å². The molecule has 6 unspecified atom stereocenters. The zero-order valence-corrected chi connectivity index (χ0v) is 57.4. The van der Waals surface area contributed by atoms with Crippen molar-refractivity contribution in [2.75, 3.05) is 14.2 Å². The molecule has 0 bridgehead atoms. The number of carbonyl (C=O) groups excluding carboxylic acids is 2. The molecule has 7 aromatic carbocycles. The van der Waals surface area contributed by atoms with Gasteiger partial charge in [0.2, 0.25) is 0 Å². The second-order valence-corrected chi connectivity index (χ2v) is 24.0. The summed E-state index contributed by atoms with van der Waals surface area (Å²) in [6, 6.07) is 59.3. The molecule has 0 fully saturated rings. The lowest BCUT2D eigenvalue weighted by Gasteiger charge is -2.23. The average Bonchev–Trinajstić information content (AvgIpc) is 3.65. The SMILES string of the molecule is CCC(C)(C)c1ccc(C)cc1.CCC(C)c1ccc(C(=O)OC)cc1.CCC(C)c1ccc(C)cc1.CCC(C)c1cccc(C(=O)OC)c1.CCC(C)c1cccc(C)c1.CCC(C)c1ccccc1C.CCc1ccc(C(C)CC)cc1. The van der Waals surface area contributed by atoms with E-state index in [1.807, 2.05) is 42.5 Å². The molecule has 4 nitrogen and oxygen atoms in total. The maximum absolute atomic E-state index is 11.3. The molecule has 464 valence electrons. The van der Waals surface area contributed by atoms with Gasteiger partial charge in [0, 0.05) is 0 Å². The van der Waals surface area contributed by atoms with E-state index >= 15 is 0 Å². The number of ether oxygens (including phenoxy) is 2. The van der Waals surface area contributed by atoms with Gasteiger partial charge in [-0.2, -0.15) is 0 Å². The van der Waals surface area contributed by atoms with Gasteiger partial charge in [-0.05, 0) is 194 Å². The van der Waals surface area contributed by atoms with Crippen molar-refractivity contribution in [3.8, 4) is 0 Å². The van der Waals surface area contributed by atoms with E-state index in [-0.39, 0.29) is 11.9 Å². The molecule has 0 aromatic heterocycles. The molecule has 6 atom stereocenters. The zero-order valence-electron chi connectivity index (χ0n) is 57.4. The Morgan fingerprint density at radius 3 is 1.15 bits per heavy atom. The fourth-order valence-corrected chi connectivity index (χ4v) is 8.86. The highest BCUT2D eigenvalue weighted by atomic mass is 16.5. The summed E-state index contributed by atoms with van der Waals surface area (Å²) in [5, 5.41) is 0. The molecule has 0 amide bonds. The number of methoxy groups -OCH3 is 2. The lowest BCUT2D eigenvalue weighted by atomic mass is 9.82. The van der Waals surface area contributed by atoms with Crippen LogP contribution in [0.1, 0.15) is 279 Å². The van der Waals surface area contributed by atoms with E-state index in [2.05, 4.69) is 269 Å². The molecule has 7 aromatic rings. The van der Waals surface area contributed by atoms with E-state index < -0.39 is 0 Å². The van der Waals surface area contributed by atoms with Gasteiger partial charge in [-0.15, -0.1) is 0 Å². The first-order valence-corrected chi connectivity index (χ1v) is 32.1. The number of aryl methyl sites for hydroxylation is 5. The topological polar surface area (TPSA) is 52.6 Å². The average molecular weight is 1150 g/mol. The van der Waals surface area contributed by atoms with E-state index in [1.165, 1.54) is 113 Å². The van der Waals surface area contributed by atoms with Crippen LogP contribution in [0.4, 0.5) is 0 Å². The second-order valence-electron chi connectivity index (χ2n) is 24.0. The van der Waals surface area contributed by atoms with Gasteiger partial charge in [0.05, 0.1) is 25.3 Å². The Bertz CT molecular complexity index is 2860. The highest BCUT2D eigenvalue weighted by Crippen LogP contribution is 2.27. The van der Waals surface area contributed by atoms with Crippen LogP contribution in [0, 0.1) is 27.7 Å². The Hall–Kier alpha value is -6.52. The minimum atomic E-state index is -0.277. The molecule has 0 heterocycles. The molecule has 4 heteroatoms. The van der Waals surface area contributed by atoms with Gasteiger partial charge < -0.3 is 9.47 Å². The van der Waals surface area contributed by atoms with Crippen molar-refractivity contribution in [2.24, 2.45) is 0 Å². The predicted octanol–water partition coefficient (Wildman–Crippen LogP) is 23.9. The van der Waals surface area contributed by atoms with Crippen LogP contribution in [0.5, 0.6) is 0 Å². The summed E-state index contributed by atoms with van der Waals surface area (Å²) in [7, 11) is 2.79. The number of benzene rings is 7. The van der Waals surface area contributed by atoms with Crippen LogP contribution >= 0.6 is 0 Å². The molecule has 0 radical (unpaired) electrons. The Kier molecular flexibility index (Phi) is 38.1. The smallest absolute Gasteiger partial charge is 0.337 e. The van der Waals surface area contributed by atoms with Gasteiger partial charge in [-0.25, -0.2) is 9.59 Å². The standard InChI is InChI=1S/2C12H16O2.2C12H18.3C11H16/c1-4-9(2)10-5-7-11(8-6-10)12(13)14-3;1-4-9(2)10-6-5-7-11(8-10)12(13)14-3;1-5-12(3,4)11-8-6-10(2)7-9-11;1-4-10(3)12-8-6-11(5-2)7-9-12;1-4-10(3)11-7-5-9(2)6-8-11;1-4-10(3)11-7-5-6-9(2)8-11;1-4-9(2)11-8-6-5-7-10(11)3/h2*5-9H,4H2,1-3H3;6-9H,5H2,1-4H3;6-10H,4-5H2,1-3H3;2*5-8,10H,4H2,1-3H3;5-9H,4H2,1-3H3. The van der Waals surface area contributed by atoms with Crippen LogP contribution in [-0.2, 0) is 21.3 Å². The maximum Gasteiger partial charge on any atom is 0.337 e. The Morgan fingerprint density at radius 1 is 0.376 bits per heavy atom. The summed E-state index contributed by atoms with van der Waals surface area (Å²) >= 11 is 0. The molecule has 0 saturated carbocycles. The van der Waals surface area contributed by atoms with E-state index in [4.69, 9.17) is 0 Å². The van der Waals surface area contributed by atoms with Crippen molar-refractivity contribution in [3.63, 3.8) is 0 Å². The monoisotopic (exact) mass is 1150 g/mol. The van der Waals surface area contributed by atoms with Gasteiger partial charge >= 0.3 is 11.9 Å².